The summed E-state index contributed by atoms with van der Waals surface area (Å²) >= 11 is 0. The van der Waals surface area contributed by atoms with E-state index in [2.05, 4.69) is 5.32 Å². The predicted molar refractivity (Wildman–Crippen MR) is 73.1 cm³/mol. The zero-order valence-corrected chi connectivity index (χ0v) is 11.5. The largest absolute Gasteiger partial charge is 0.388 e. The summed E-state index contributed by atoms with van der Waals surface area (Å²) in [5.41, 5.74) is 2.16. The van der Waals surface area contributed by atoms with Gasteiger partial charge in [0.15, 0.2) is 0 Å². The highest BCUT2D eigenvalue weighted by molar-refractivity contribution is 7.89. The fourth-order valence-electron chi connectivity index (χ4n) is 1.91. The summed E-state index contributed by atoms with van der Waals surface area (Å²) < 4.78 is 26.3. The zero-order chi connectivity index (χ0) is 13.2. The van der Waals surface area contributed by atoms with Gasteiger partial charge in [-0.1, -0.05) is 11.6 Å². The third kappa shape index (κ3) is 2.57. The maximum absolute atomic E-state index is 12.4. The summed E-state index contributed by atoms with van der Waals surface area (Å²) in [7, 11) is -1.54. The topological polar surface area (TPSA) is 49.4 Å². The van der Waals surface area contributed by atoms with Crippen LogP contribution in [0.3, 0.4) is 0 Å². The Bertz CT molecular complexity index is 547. The number of hydrogen-bond donors (Lipinski definition) is 1. The molecule has 0 bridgehead atoms. The first kappa shape index (κ1) is 13.1. The molecule has 0 atom stereocenters. The number of hydrogen-bond acceptors (Lipinski definition) is 3. The van der Waals surface area contributed by atoms with E-state index in [-0.39, 0.29) is 0 Å². The minimum absolute atomic E-state index is 0.356. The highest BCUT2D eigenvalue weighted by Crippen LogP contribution is 2.21. The molecule has 1 aliphatic rings. The fraction of sp³-hybridized carbons (Fsp3) is 0.385. The van der Waals surface area contributed by atoms with E-state index in [4.69, 9.17) is 0 Å². The zero-order valence-electron chi connectivity index (χ0n) is 10.7. The normalized spacial score (nSPS) is 17.3. The average molecular weight is 266 g/mol. The molecule has 0 unspecified atom stereocenters. The summed E-state index contributed by atoms with van der Waals surface area (Å²) in [5, 5.41) is 2.97. The first-order valence-electron chi connectivity index (χ1n) is 5.97. The van der Waals surface area contributed by atoms with Gasteiger partial charge in [0.1, 0.15) is 0 Å². The highest BCUT2D eigenvalue weighted by Gasteiger charge is 2.25. The van der Waals surface area contributed by atoms with Crippen LogP contribution >= 0.6 is 0 Å². The molecule has 0 aliphatic carbocycles. The molecule has 5 heteroatoms. The molecule has 2 rings (SSSR count). The molecule has 0 saturated heterocycles. The van der Waals surface area contributed by atoms with Gasteiger partial charge >= 0.3 is 0 Å². The van der Waals surface area contributed by atoms with Crippen LogP contribution in [0, 0.1) is 0 Å². The van der Waals surface area contributed by atoms with Gasteiger partial charge in [0.25, 0.3) is 0 Å². The van der Waals surface area contributed by atoms with Crippen molar-refractivity contribution in [1.29, 1.82) is 0 Å². The lowest BCUT2D eigenvalue weighted by Crippen LogP contribution is -2.34. The molecule has 0 amide bonds. The van der Waals surface area contributed by atoms with Gasteiger partial charge in [-0.2, -0.15) is 4.31 Å². The van der Waals surface area contributed by atoms with Crippen molar-refractivity contribution < 1.29 is 8.42 Å². The number of nitrogens with zero attached hydrogens (tertiary/aromatic N) is 1. The summed E-state index contributed by atoms with van der Waals surface area (Å²) in [5.74, 6) is 0. The van der Waals surface area contributed by atoms with Crippen LogP contribution in [0.25, 0.3) is 0 Å². The summed E-state index contributed by atoms with van der Waals surface area (Å²) in [4.78, 5) is 0.356. The third-order valence-corrected chi connectivity index (χ3v) is 5.06. The van der Waals surface area contributed by atoms with Gasteiger partial charge in [-0.05, 0) is 37.6 Å². The Kier molecular flexibility index (Phi) is 3.73. The molecule has 0 saturated carbocycles. The number of benzene rings is 1. The van der Waals surface area contributed by atoms with E-state index >= 15 is 0 Å². The molecule has 1 aromatic carbocycles. The van der Waals surface area contributed by atoms with E-state index in [1.54, 1.807) is 24.3 Å². The molecule has 18 heavy (non-hydrogen) atoms. The quantitative estimate of drug-likeness (QED) is 0.852. The lowest BCUT2D eigenvalue weighted by atomic mass is 10.1. The minimum Gasteiger partial charge on any atom is -0.388 e. The van der Waals surface area contributed by atoms with Gasteiger partial charge in [-0.3, -0.25) is 0 Å². The van der Waals surface area contributed by atoms with Crippen LogP contribution in [0.2, 0.25) is 0 Å². The van der Waals surface area contributed by atoms with Crippen LogP contribution in [-0.4, -0.2) is 32.9 Å². The Morgan fingerprint density at radius 2 is 1.89 bits per heavy atom. The average Bonchev–Trinajstić information content (AvgIpc) is 2.39. The van der Waals surface area contributed by atoms with Gasteiger partial charge in [-0.25, -0.2) is 8.42 Å². The molecule has 0 fully saturated rings. The third-order valence-electron chi connectivity index (χ3n) is 3.18. The molecule has 1 heterocycles. The second-order valence-electron chi connectivity index (χ2n) is 4.44. The number of rotatable bonds is 3. The molecule has 0 radical (unpaired) electrons. The minimum atomic E-state index is -3.35. The van der Waals surface area contributed by atoms with Crippen molar-refractivity contribution in [2.75, 3.05) is 25.5 Å². The standard InChI is InChI=1S/C13H18N2O2S/c1-11-7-9-15(10-8-11)18(16,17)13-5-3-12(14-2)4-6-13/h3-7,14H,8-10H2,1-2H3. The van der Waals surface area contributed by atoms with E-state index in [0.717, 1.165) is 12.1 Å². The van der Waals surface area contributed by atoms with Crippen LogP contribution in [0.15, 0.2) is 40.8 Å². The maximum atomic E-state index is 12.4. The van der Waals surface area contributed by atoms with E-state index in [1.165, 1.54) is 9.88 Å². The van der Waals surface area contributed by atoms with Gasteiger partial charge in [0.05, 0.1) is 4.90 Å². The number of anilines is 1. The molecule has 1 aromatic rings. The second kappa shape index (κ2) is 5.12. The van der Waals surface area contributed by atoms with E-state index in [9.17, 15) is 8.42 Å². The molecule has 0 spiro atoms. The highest BCUT2D eigenvalue weighted by atomic mass is 32.2. The van der Waals surface area contributed by atoms with Gasteiger partial charge in [0.2, 0.25) is 10.0 Å². The van der Waals surface area contributed by atoms with Crippen LogP contribution in [0.5, 0.6) is 0 Å². The van der Waals surface area contributed by atoms with Crippen molar-refractivity contribution in [2.24, 2.45) is 0 Å². The summed E-state index contributed by atoms with van der Waals surface area (Å²) in [6.07, 6.45) is 2.79. The first-order chi connectivity index (χ1) is 8.54. The van der Waals surface area contributed by atoms with Crippen molar-refractivity contribution in [3.63, 3.8) is 0 Å². The molecule has 0 aromatic heterocycles. The molecular formula is C13H18N2O2S. The molecule has 1 N–H and O–H groups in total. The van der Waals surface area contributed by atoms with E-state index in [1.807, 2.05) is 20.0 Å². The van der Waals surface area contributed by atoms with Crippen molar-refractivity contribution in [1.82, 2.24) is 4.31 Å². The van der Waals surface area contributed by atoms with Crippen LogP contribution in [0.1, 0.15) is 13.3 Å². The van der Waals surface area contributed by atoms with Crippen molar-refractivity contribution >= 4 is 15.7 Å². The fourth-order valence-corrected chi connectivity index (χ4v) is 3.29. The van der Waals surface area contributed by atoms with Crippen LogP contribution < -0.4 is 5.32 Å². The Balaban J connectivity index is 2.25. The van der Waals surface area contributed by atoms with E-state index < -0.39 is 10.0 Å². The van der Waals surface area contributed by atoms with Crippen molar-refractivity contribution in [3.8, 4) is 0 Å². The Hall–Kier alpha value is -1.33. The lowest BCUT2D eigenvalue weighted by Gasteiger charge is -2.24. The SMILES string of the molecule is CNc1ccc(S(=O)(=O)N2CC=C(C)CC2)cc1. The Morgan fingerprint density at radius 1 is 1.22 bits per heavy atom. The van der Waals surface area contributed by atoms with Crippen molar-refractivity contribution in [2.45, 2.75) is 18.2 Å². The maximum Gasteiger partial charge on any atom is 0.243 e. The molecule has 98 valence electrons. The summed E-state index contributed by atoms with van der Waals surface area (Å²) in [6.45, 7) is 3.08. The molecular weight excluding hydrogens is 248 g/mol. The predicted octanol–water partition coefficient (Wildman–Crippen LogP) is 2.07. The van der Waals surface area contributed by atoms with Crippen LogP contribution in [-0.2, 0) is 10.0 Å². The lowest BCUT2D eigenvalue weighted by molar-refractivity contribution is 0.431. The molecule has 4 nitrogen and oxygen atoms in total. The smallest absolute Gasteiger partial charge is 0.243 e. The number of sulfonamides is 1. The Labute approximate surface area is 108 Å². The van der Waals surface area contributed by atoms with Crippen LogP contribution in [0.4, 0.5) is 5.69 Å². The Morgan fingerprint density at radius 3 is 2.39 bits per heavy atom. The van der Waals surface area contributed by atoms with E-state index in [0.29, 0.717) is 18.0 Å². The first-order valence-corrected chi connectivity index (χ1v) is 7.41. The van der Waals surface area contributed by atoms with Gasteiger partial charge < -0.3 is 5.32 Å². The summed E-state index contributed by atoms with van der Waals surface area (Å²) in [6, 6.07) is 6.84. The second-order valence-corrected chi connectivity index (χ2v) is 6.38. The van der Waals surface area contributed by atoms with Gasteiger partial charge in [-0.15, -0.1) is 0 Å². The monoisotopic (exact) mass is 266 g/mol. The van der Waals surface area contributed by atoms with Crippen molar-refractivity contribution in [3.05, 3.63) is 35.9 Å². The molecule has 1 aliphatic heterocycles. The number of nitrogens with one attached hydrogen (secondary N) is 1. The van der Waals surface area contributed by atoms with Gasteiger partial charge in [0, 0.05) is 25.8 Å².